The van der Waals surface area contributed by atoms with Gasteiger partial charge in [-0.15, -0.1) is 5.10 Å². The van der Waals surface area contributed by atoms with Gasteiger partial charge in [-0.1, -0.05) is 0 Å². The van der Waals surface area contributed by atoms with E-state index < -0.39 is 0 Å². The predicted molar refractivity (Wildman–Crippen MR) is 57.9 cm³/mol. The normalized spacial score (nSPS) is 12.5. The van der Waals surface area contributed by atoms with Gasteiger partial charge >= 0.3 is 0 Å². The van der Waals surface area contributed by atoms with Gasteiger partial charge in [0.2, 0.25) is 0 Å². The summed E-state index contributed by atoms with van der Waals surface area (Å²) in [5, 5.41) is 11.1. The lowest BCUT2D eigenvalue weighted by molar-refractivity contribution is 0.0365. The van der Waals surface area contributed by atoms with Crippen molar-refractivity contribution >= 4 is 5.82 Å². The summed E-state index contributed by atoms with van der Waals surface area (Å²) in [5.74, 6) is 0.749. The lowest BCUT2D eigenvalue weighted by Crippen LogP contribution is -2.26. The van der Waals surface area contributed by atoms with Crippen LogP contribution in [0.5, 0.6) is 0 Å². The average Bonchev–Trinajstić information content (AvgIpc) is 2.26. The summed E-state index contributed by atoms with van der Waals surface area (Å²) < 4.78 is 10.2. The third-order valence-electron chi connectivity index (χ3n) is 1.99. The molecule has 1 aromatic rings. The van der Waals surface area contributed by atoms with Crippen LogP contribution in [-0.4, -0.2) is 43.7 Å². The molecule has 5 heteroatoms. The largest absolute Gasteiger partial charge is 0.382 e. The van der Waals surface area contributed by atoms with Crippen LogP contribution in [0.15, 0.2) is 12.1 Å². The van der Waals surface area contributed by atoms with E-state index in [1.54, 1.807) is 14.2 Å². The summed E-state index contributed by atoms with van der Waals surface area (Å²) in [4.78, 5) is 0. The molecule has 0 aliphatic rings. The molecule has 1 aromatic heterocycles. The van der Waals surface area contributed by atoms with Crippen LogP contribution in [0.1, 0.15) is 5.69 Å². The molecule has 1 atom stereocenters. The Morgan fingerprint density at radius 3 is 2.67 bits per heavy atom. The Balaban J connectivity index is 2.38. The van der Waals surface area contributed by atoms with E-state index >= 15 is 0 Å². The van der Waals surface area contributed by atoms with E-state index in [0.29, 0.717) is 13.2 Å². The van der Waals surface area contributed by atoms with Crippen LogP contribution in [0, 0.1) is 6.92 Å². The number of hydrogen-bond acceptors (Lipinski definition) is 5. The van der Waals surface area contributed by atoms with Gasteiger partial charge in [0.1, 0.15) is 5.82 Å². The van der Waals surface area contributed by atoms with Crippen molar-refractivity contribution in [2.24, 2.45) is 0 Å². The molecule has 0 aliphatic carbocycles. The second-order valence-corrected chi connectivity index (χ2v) is 3.25. The highest BCUT2D eigenvalue weighted by Crippen LogP contribution is 2.01. The van der Waals surface area contributed by atoms with Crippen molar-refractivity contribution in [2.75, 3.05) is 32.7 Å². The minimum Gasteiger partial charge on any atom is -0.382 e. The van der Waals surface area contributed by atoms with Crippen molar-refractivity contribution in [3.63, 3.8) is 0 Å². The number of anilines is 1. The van der Waals surface area contributed by atoms with Gasteiger partial charge in [0.05, 0.1) is 18.4 Å². The summed E-state index contributed by atoms with van der Waals surface area (Å²) in [6, 6.07) is 3.80. The van der Waals surface area contributed by atoms with Crippen LogP contribution in [0.25, 0.3) is 0 Å². The van der Waals surface area contributed by atoms with Crippen molar-refractivity contribution in [1.29, 1.82) is 0 Å². The number of aryl methyl sites for hydroxylation is 1. The molecular formula is C10H17N3O2. The number of aromatic nitrogens is 2. The summed E-state index contributed by atoms with van der Waals surface area (Å²) in [5.41, 5.74) is 0.903. The van der Waals surface area contributed by atoms with Crippen molar-refractivity contribution in [1.82, 2.24) is 10.2 Å². The Morgan fingerprint density at radius 2 is 2.13 bits per heavy atom. The van der Waals surface area contributed by atoms with Crippen LogP contribution in [-0.2, 0) is 9.47 Å². The Kier molecular flexibility index (Phi) is 5.00. The summed E-state index contributed by atoms with van der Waals surface area (Å²) in [6.45, 7) is 3.12. The smallest absolute Gasteiger partial charge is 0.148 e. The van der Waals surface area contributed by atoms with Crippen molar-refractivity contribution in [3.8, 4) is 0 Å². The van der Waals surface area contributed by atoms with E-state index in [1.807, 2.05) is 19.1 Å². The molecule has 15 heavy (non-hydrogen) atoms. The lowest BCUT2D eigenvalue weighted by Gasteiger charge is -2.14. The molecular weight excluding hydrogens is 194 g/mol. The fourth-order valence-corrected chi connectivity index (χ4v) is 1.11. The molecule has 0 aromatic carbocycles. The van der Waals surface area contributed by atoms with Gasteiger partial charge in [-0.2, -0.15) is 5.10 Å². The third kappa shape index (κ3) is 4.22. The lowest BCUT2D eigenvalue weighted by atomic mass is 10.3. The number of methoxy groups -OCH3 is 2. The molecule has 1 N–H and O–H groups in total. The maximum Gasteiger partial charge on any atom is 0.148 e. The number of nitrogens with one attached hydrogen (secondary N) is 1. The van der Waals surface area contributed by atoms with Gasteiger partial charge in [0.15, 0.2) is 0 Å². The highest BCUT2D eigenvalue weighted by molar-refractivity contribution is 5.32. The molecule has 1 rings (SSSR count). The second-order valence-electron chi connectivity index (χ2n) is 3.25. The minimum atomic E-state index is 0.0260. The maximum atomic E-state index is 5.20. The highest BCUT2D eigenvalue weighted by atomic mass is 16.5. The second kappa shape index (κ2) is 6.31. The minimum absolute atomic E-state index is 0.0260. The van der Waals surface area contributed by atoms with E-state index in [9.17, 15) is 0 Å². The Morgan fingerprint density at radius 1 is 1.33 bits per heavy atom. The van der Waals surface area contributed by atoms with Crippen LogP contribution in [0.2, 0.25) is 0 Å². The first-order chi connectivity index (χ1) is 7.26. The average molecular weight is 211 g/mol. The van der Waals surface area contributed by atoms with Gasteiger partial charge in [0, 0.05) is 20.8 Å². The molecule has 84 valence electrons. The first-order valence-electron chi connectivity index (χ1n) is 4.82. The van der Waals surface area contributed by atoms with Crippen molar-refractivity contribution < 1.29 is 9.47 Å². The van der Waals surface area contributed by atoms with Crippen LogP contribution in [0.4, 0.5) is 5.82 Å². The van der Waals surface area contributed by atoms with Crippen molar-refractivity contribution in [2.45, 2.75) is 13.0 Å². The van der Waals surface area contributed by atoms with Gasteiger partial charge in [-0.05, 0) is 19.1 Å². The number of hydrogen-bond donors (Lipinski definition) is 1. The monoisotopic (exact) mass is 211 g/mol. The van der Waals surface area contributed by atoms with Gasteiger partial charge < -0.3 is 14.8 Å². The molecule has 0 aliphatic heterocycles. The fraction of sp³-hybridized carbons (Fsp3) is 0.600. The zero-order valence-corrected chi connectivity index (χ0v) is 9.36. The summed E-state index contributed by atoms with van der Waals surface area (Å²) in [7, 11) is 3.31. The molecule has 0 fully saturated rings. The highest BCUT2D eigenvalue weighted by Gasteiger charge is 2.06. The van der Waals surface area contributed by atoms with Crippen molar-refractivity contribution in [3.05, 3.63) is 17.8 Å². The van der Waals surface area contributed by atoms with E-state index in [0.717, 1.165) is 11.5 Å². The van der Waals surface area contributed by atoms with Gasteiger partial charge in [-0.25, -0.2) is 0 Å². The number of nitrogens with zero attached hydrogens (tertiary/aromatic N) is 2. The number of ether oxygens (including phenoxy) is 2. The molecule has 0 saturated carbocycles. The SMILES string of the molecule is COCC(CNc1ccc(C)nn1)OC. The first kappa shape index (κ1) is 11.9. The fourth-order valence-electron chi connectivity index (χ4n) is 1.11. The van der Waals surface area contributed by atoms with E-state index in [-0.39, 0.29) is 6.10 Å². The maximum absolute atomic E-state index is 5.20. The zero-order chi connectivity index (χ0) is 11.1. The molecule has 0 radical (unpaired) electrons. The van der Waals surface area contributed by atoms with E-state index in [1.165, 1.54) is 0 Å². The van der Waals surface area contributed by atoms with Crippen LogP contribution in [0.3, 0.4) is 0 Å². The molecule has 5 nitrogen and oxygen atoms in total. The third-order valence-corrected chi connectivity index (χ3v) is 1.99. The molecule has 0 amide bonds. The van der Waals surface area contributed by atoms with Gasteiger partial charge in [-0.3, -0.25) is 0 Å². The Hall–Kier alpha value is -1.20. The van der Waals surface area contributed by atoms with Crippen LogP contribution < -0.4 is 5.32 Å². The van der Waals surface area contributed by atoms with E-state index in [2.05, 4.69) is 15.5 Å². The first-order valence-corrected chi connectivity index (χ1v) is 4.82. The Labute approximate surface area is 89.8 Å². The van der Waals surface area contributed by atoms with Crippen LogP contribution >= 0.6 is 0 Å². The summed E-state index contributed by atoms with van der Waals surface area (Å²) in [6.07, 6.45) is 0.0260. The predicted octanol–water partition coefficient (Wildman–Crippen LogP) is 0.858. The molecule has 1 heterocycles. The molecule has 1 unspecified atom stereocenters. The van der Waals surface area contributed by atoms with E-state index in [4.69, 9.17) is 9.47 Å². The zero-order valence-electron chi connectivity index (χ0n) is 9.36. The number of rotatable bonds is 6. The standard InChI is InChI=1S/C10H17N3O2/c1-8-4-5-10(13-12-8)11-6-9(15-3)7-14-2/h4-5,9H,6-7H2,1-3H3,(H,11,13). The Bertz CT molecular complexity index is 277. The molecule has 0 bridgehead atoms. The quantitative estimate of drug-likeness (QED) is 0.756. The topological polar surface area (TPSA) is 56.3 Å². The van der Waals surface area contributed by atoms with Gasteiger partial charge in [0.25, 0.3) is 0 Å². The molecule has 0 saturated heterocycles. The summed E-state index contributed by atoms with van der Waals surface area (Å²) >= 11 is 0. The molecule has 0 spiro atoms.